The first-order valence-electron chi connectivity index (χ1n) is 8.28. The summed E-state index contributed by atoms with van der Waals surface area (Å²) in [6, 6.07) is 26.0. The van der Waals surface area contributed by atoms with Crippen molar-refractivity contribution in [2.75, 3.05) is 10.6 Å². The van der Waals surface area contributed by atoms with Crippen LogP contribution in [0.2, 0.25) is 0 Å². The highest BCUT2D eigenvalue weighted by Gasteiger charge is 1.99. The predicted molar refractivity (Wildman–Crippen MR) is 114 cm³/mol. The summed E-state index contributed by atoms with van der Waals surface area (Å²) >= 11 is 5.26. The van der Waals surface area contributed by atoms with E-state index in [1.54, 1.807) is 6.21 Å². The van der Waals surface area contributed by atoms with Gasteiger partial charge in [-0.15, -0.1) is 0 Å². The average Bonchev–Trinajstić information content (AvgIpc) is 2.66. The second-order valence-corrected chi connectivity index (χ2v) is 6.16. The van der Waals surface area contributed by atoms with Gasteiger partial charge in [0.1, 0.15) is 0 Å². The Morgan fingerprint density at radius 2 is 1.50 bits per heavy atom. The van der Waals surface area contributed by atoms with E-state index in [1.807, 2.05) is 85.8 Å². The Morgan fingerprint density at radius 1 is 0.846 bits per heavy atom. The van der Waals surface area contributed by atoms with E-state index in [2.05, 4.69) is 21.2 Å². The van der Waals surface area contributed by atoms with Crippen LogP contribution >= 0.6 is 12.2 Å². The molecule has 0 aliphatic rings. The van der Waals surface area contributed by atoms with Crippen molar-refractivity contribution in [1.29, 1.82) is 0 Å². The lowest BCUT2D eigenvalue weighted by atomic mass is 10.2. The second kappa shape index (κ2) is 8.78. The molecule has 26 heavy (non-hydrogen) atoms. The largest absolute Gasteiger partial charge is 0.356 e. The van der Waals surface area contributed by atoms with Gasteiger partial charge in [0.25, 0.3) is 0 Å². The number of nitrogens with zero attached hydrogens (tertiary/aromatic N) is 1. The SMILES string of the molecule is Cc1ccccc1NC(=S)N/N=C\c1ccc(Nc2ccccc2)cc1. The van der Waals surface area contributed by atoms with Gasteiger partial charge in [-0.3, -0.25) is 5.43 Å². The van der Waals surface area contributed by atoms with Crippen molar-refractivity contribution >= 4 is 40.6 Å². The number of rotatable bonds is 5. The van der Waals surface area contributed by atoms with Crippen LogP contribution in [0, 0.1) is 6.92 Å². The van der Waals surface area contributed by atoms with Crippen LogP contribution in [0.1, 0.15) is 11.1 Å². The molecule has 0 atom stereocenters. The summed E-state index contributed by atoms with van der Waals surface area (Å²) in [5, 5.41) is 11.1. The molecule has 0 aromatic heterocycles. The number of hydrazone groups is 1. The van der Waals surface area contributed by atoms with Crippen LogP contribution in [-0.4, -0.2) is 11.3 Å². The highest BCUT2D eigenvalue weighted by Crippen LogP contribution is 2.16. The second-order valence-electron chi connectivity index (χ2n) is 5.75. The van der Waals surface area contributed by atoms with Crippen molar-refractivity contribution in [2.24, 2.45) is 5.10 Å². The lowest BCUT2D eigenvalue weighted by molar-refractivity contribution is 1.05. The van der Waals surface area contributed by atoms with Crippen molar-refractivity contribution in [2.45, 2.75) is 6.92 Å². The van der Waals surface area contributed by atoms with E-state index in [4.69, 9.17) is 12.2 Å². The van der Waals surface area contributed by atoms with Gasteiger partial charge in [-0.05, 0) is 60.6 Å². The van der Waals surface area contributed by atoms with Crippen molar-refractivity contribution in [3.05, 3.63) is 90.0 Å². The normalized spacial score (nSPS) is 10.5. The summed E-state index contributed by atoms with van der Waals surface area (Å²) in [6.07, 6.45) is 1.73. The lowest BCUT2D eigenvalue weighted by Crippen LogP contribution is -2.24. The van der Waals surface area contributed by atoms with Gasteiger partial charge in [0, 0.05) is 17.1 Å². The third-order valence-electron chi connectivity index (χ3n) is 3.75. The van der Waals surface area contributed by atoms with Crippen LogP contribution in [0.5, 0.6) is 0 Å². The predicted octanol–water partition coefficient (Wildman–Crippen LogP) is 5.06. The van der Waals surface area contributed by atoms with E-state index >= 15 is 0 Å². The third-order valence-corrected chi connectivity index (χ3v) is 3.94. The standard InChI is InChI=1S/C21H20N4S/c1-16-7-5-6-10-20(16)24-21(26)25-22-15-17-11-13-19(14-12-17)23-18-8-3-2-4-9-18/h2-15,23H,1H3,(H2,24,25,26)/b22-15-. The minimum absolute atomic E-state index is 0.456. The van der Waals surface area contributed by atoms with Gasteiger partial charge in [-0.2, -0.15) is 5.10 Å². The summed E-state index contributed by atoms with van der Waals surface area (Å²) in [7, 11) is 0. The zero-order chi connectivity index (χ0) is 18.2. The molecule has 0 fully saturated rings. The molecular formula is C21H20N4S. The first kappa shape index (κ1) is 17.6. The van der Waals surface area contributed by atoms with Crippen LogP contribution in [0.3, 0.4) is 0 Å². The summed E-state index contributed by atoms with van der Waals surface area (Å²) in [4.78, 5) is 0. The molecule has 0 unspecified atom stereocenters. The van der Waals surface area contributed by atoms with Gasteiger partial charge in [0.2, 0.25) is 0 Å². The molecule has 0 aliphatic carbocycles. The Kier molecular flexibility index (Phi) is 5.96. The molecule has 0 aliphatic heterocycles. The smallest absolute Gasteiger partial charge is 0.191 e. The maximum Gasteiger partial charge on any atom is 0.191 e. The van der Waals surface area contributed by atoms with Gasteiger partial charge < -0.3 is 10.6 Å². The highest BCUT2D eigenvalue weighted by molar-refractivity contribution is 7.80. The van der Waals surface area contributed by atoms with Crippen LogP contribution in [0.4, 0.5) is 17.1 Å². The van der Waals surface area contributed by atoms with Crippen molar-refractivity contribution in [3.63, 3.8) is 0 Å². The molecule has 3 aromatic carbocycles. The maximum absolute atomic E-state index is 5.26. The van der Waals surface area contributed by atoms with E-state index in [0.717, 1.165) is 28.2 Å². The minimum atomic E-state index is 0.456. The fourth-order valence-electron chi connectivity index (χ4n) is 2.37. The fraction of sp³-hybridized carbons (Fsp3) is 0.0476. The van der Waals surface area contributed by atoms with Crippen LogP contribution in [-0.2, 0) is 0 Å². The van der Waals surface area contributed by atoms with Crippen LogP contribution in [0.25, 0.3) is 0 Å². The van der Waals surface area contributed by atoms with Crippen molar-refractivity contribution in [3.8, 4) is 0 Å². The van der Waals surface area contributed by atoms with E-state index in [1.165, 1.54) is 0 Å². The van der Waals surface area contributed by atoms with Crippen molar-refractivity contribution in [1.82, 2.24) is 5.43 Å². The summed E-state index contributed by atoms with van der Waals surface area (Å²) in [6.45, 7) is 2.03. The molecule has 3 rings (SSSR count). The molecule has 5 heteroatoms. The number of hydrogen-bond donors (Lipinski definition) is 3. The Balaban J connectivity index is 1.52. The molecule has 0 radical (unpaired) electrons. The number of thiocarbonyl (C=S) groups is 1. The summed E-state index contributed by atoms with van der Waals surface area (Å²) < 4.78 is 0. The lowest BCUT2D eigenvalue weighted by Gasteiger charge is -2.09. The number of aryl methyl sites for hydroxylation is 1. The molecule has 3 N–H and O–H groups in total. The van der Waals surface area contributed by atoms with Gasteiger partial charge in [0.05, 0.1) is 6.21 Å². The van der Waals surface area contributed by atoms with Gasteiger partial charge in [0.15, 0.2) is 5.11 Å². The Hall–Kier alpha value is -3.18. The summed E-state index contributed by atoms with van der Waals surface area (Å²) in [5.41, 5.74) is 8.00. The molecule has 0 spiro atoms. The molecule has 0 saturated carbocycles. The van der Waals surface area contributed by atoms with E-state index in [-0.39, 0.29) is 0 Å². The Morgan fingerprint density at radius 3 is 2.23 bits per heavy atom. The number of nitrogens with one attached hydrogen (secondary N) is 3. The first-order chi connectivity index (χ1) is 12.7. The molecule has 4 nitrogen and oxygen atoms in total. The number of anilines is 3. The molecule has 0 heterocycles. The molecule has 0 saturated heterocycles. The van der Waals surface area contributed by atoms with Crippen LogP contribution < -0.4 is 16.1 Å². The zero-order valence-corrected chi connectivity index (χ0v) is 15.3. The first-order valence-corrected chi connectivity index (χ1v) is 8.69. The highest BCUT2D eigenvalue weighted by atomic mass is 32.1. The maximum atomic E-state index is 5.26. The topological polar surface area (TPSA) is 48.5 Å². The monoisotopic (exact) mass is 360 g/mol. The quantitative estimate of drug-likeness (QED) is 0.338. The van der Waals surface area contributed by atoms with Gasteiger partial charge >= 0.3 is 0 Å². The molecule has 0 bridgehead atoms. The molecular weight excluding hydrogens is 340 g/mol. The van der Waals surface area contributed by atoms with Crippen molar-refractivity contribution < 1.29 is 0 Å². The molecule has 3 aromatic rings. The van der Waals surface area contributed by atoms with Crippen LogP contribution in [0.15, 0.2) is 84.0 Å². The molecule has 0 amide bonds. The Labute approximate surface area is 159 Å². The average molecular weight is 360 g/mol. The van der Waals surface area contributed by atoms with E-state index in [9.17, 15) is 0 Å². The van der Waals surface area contributed by atoms with E-state index < -0.39 is 0 Å². The van der Waals surface area contributed by atoms with Gasteiger partial charge in [-0.1, -0.05) is 48.5 Å². The van der Waals surface area contributed by atoms with E-state index in [0.29, 0.717) is 5.11 Å². The minimum Gasteiger partial charge on any atom is -0.356 e. The number of benzene rings is 3. The number of hydrogen-bond acceptors (Lipinski definition) is 3. The van der Waals surface area contributed by atoms with Gasteiger partial charge in [-0.25, -0.2) is 0 Å². The summed E-state index contributed by atoms with van der Waals surface area (Å²) in [5.74, 6) is 0. The Bertz CT molecular complexity index is 889. The molecule has 130 valence electrons. The zero-order valence-electron chi connectivity index (χ0n) is 14.4. The third kappa shape index (κ3) is 5.16. The number of para-hydroxylation sites is 2. The fourth-order valence-corrected chi connectivity index (χ4v) is 2.53.